The molecule has 90 heavy (non-hydrogen) atoms. The maximum Gasteiger partial charge on any atom is 0.407 e. The fourth-order valence-corrected chi connectivity index (χ4v) is 10.7. The first-order valence-corrected chi connectivity index (χ1v) is 31.7. The van der Waals surface area contributed by atoms with Crippen LogP contribution in [0.3, 0.4) is 0 Å². The van der Waals surface area contributed by atoms with E-state index in [1.54, 1.807) is 99.6 Å². The Bertz CT molecular complexity index is 2610. The number of benzene rings is 1. The Morgan fingerprint density at radius 1 is 0.578 bits per heavy atom. The first-order valence-electron chi connectivity index (χ1n) is 31.7. The van der Waals surface area contributed by atoms with E-state index >= 15 is 4.79 Å². The molecule has 2 bridgehead atoms. The van der Waals surface area contributed by atoms with Gasteiger partial charge in [-0.2, -0.15) is 0 Å². The summed E-state index contributed by atoms with van der Waals surface area (Å²) in [4.78, 5) is 157. The Kier molecular flexibility index (Phi) is 29.2. The molecule has 3 aliphatic rings. The molecule has 12 N–H and O–H groups in total. The van der Waals surface area contributed by atoms with Gasteiger partial charge < -0.3 is 82.5 Å². The van der Waals surface area contributed by atoms with Crippen LogP contribution in [-0.2, 0) is 63.8 Å². The first kappa shape index (κ1) is 75.3. The number of amides is 11. The smallest absolute Gasteiger partial charge is 0.407 e. The molecule has 3 saturated heterocycles. The lowest BCUT2D eigenvalue weighted by molar-refractivity contribution is -0.143. The molecule has 0 spiro atoms. The van der Waals surface area contributed by atoms with Crippen molar-refractivity contribution < 1.29 is 77.2 Å². The van der Waals surface area contributed by atoms with Gasteiger partial charge in [0.1, 0.15) is 77.8 Å². The molecule has 3 heterocycles. The highest BCUT2D eigenvalue weighted by atomic mass is 16.6. The van der Waals surface area contributed by atoms with Gasteiger partial charge in [0.25, 0.3) is 0 Å². The highest BCUT2D eigenvalue weighted by Gasteiger charge is 2.45. The highest BCUT2D eigenvalue weighted by Crippen LogP contribution is 2.25. The van der Waals surface area contributed by atoms with Crippen LogP contribution in [0.2, 0.25) is 0 Å². The normalized spacial score (nSPS) is 27.1. The largest absolute Gasteiger partial charge is 0.444 e. The molecular formula is C63H103N11O16. The van der Waals surface area contributed by atoms with Crippen LogP contribution in [0.5, 0.6) is 0 Å². The van der Waals surface area contributed by atoms with E-state index in [9.17, 15) is 58.2 Å². The summed E-state index contributed by atoms with van der Waals surface area (Å²) in [6.45, 7) is 23.8. The zero-order valence-electron chi connectivity index (χ0n) is 55.1. The maximum atomic E-state index is 15.0. The van der Waals surface area contributed by atoms with E-state index in [0.717, 1.165) is 0 Å². The van der Waals surface area contributed by atoms with E-state index in [1.807, 2.05) is 27.7 Å². The number of hydrogen-bond donors (Lipinski definition) is 12. The third-order valence-electron chi connectivity index (χ3n) is 15.2. The van der Waals surface area contributed by atoms with Crippen LogP contribution in [0.1, 0.15) is 160 Å². The average Bonchev–Trinajstić information content (AvgIpc) is 2.13. The summed E-state index contributed by atoms with van der Waals surface area (Å²) in [5, 5.41) is 49.7. The minimum Gasteiger partial charge on any atom is -0.444 e. The predicted molar refractivity (Wildman–Crippen MR) is 332 cm³/mol. The zero-order valence-corrected chi connectivity index (χ0v) is 55.1. The molecule has 0 radical (unpaired) electrons. The lowest BCUT2D eigenvalue weighted by Crippen LogP contribution is -2.61. The maximum absolute atomic E-state index is 15.0. The molecule has 11 amide bonds. The number of ether oxygens (including phenoxy) is 3. The van der Waals surface area contributed by atoms with E-state index < -0.39 is 174 Å². The molecule has 0 unspecified atom stereocenters. The van der Waals surface area contributed by atoms with Gasteiger partial charge in [0.05, 0.1) is 12.5 Å². The molecule has 27 heteroatoms. The second-order valence-electron chi connectivity index (χ2n) is 27.2. The van der Waals surface area contributed by atoms with Crippen molar-refractivity contribution in [3.63, 3.8) is 0 Å². The molecule has 0 aliphatic carbocycles. The van der Waals surface area contributed by atoms with Gasteiger partial charge in [-0.05, 0) is 122 Å². The number of rotatable bonds is 16. The Morgan fingerprint density at radius 3 is 1.50 bits per heavy atom. The van der Waals surface area contributed by atoms with E-state index in [0.29, 0.717) is 12.0 Å². The minimum absolute atomic E-state index is 0.00668. The van der Waals surface area contributed by atoms with Crippen molar-refractivity contribution in [1.82, 2.24) is 58.1 Å². The van der Waals surface area contributed by atoms with Gasteiger partial charge in [0, 0.05) is 32.6 Å². The zero-order chi connectivity index (χ0) is 67.4. The molecule has 12 atom stereocenters. The van der Waals surface area contributed by atoms with Gasteiger partial charge in [-0.1, -0.05) is 85.7 Å². The second kappa shape index (κ2) is 34.9. The third kappa shape index (κ3) is 24.9. The van der Waals surface area contributed by atoms with Gasteiger partial charge in [-0.3, -0.25) is 43.2 Å². The summed E-state index contributed by atoms with van der Waals surface area (Å²) >= 11 is 0. The number of carbonyl (C=O) groups excluding carboxylic acids is 11. The lowest BCUT2D eigenvalue weighted by atomic mass is 9.99. The quantitative estimate of drug-likeness (QED) is 0.105. The molecule has 0 saturated carbocycles. The summed E-state index contributed by atoms with van der Waals surface area (Å²) in [7, 11) is 0. The van der Waals surface area contributed by atoms with Crippen LogP contribution in [0, 0.1) is 23.7 Å². The summed E-state index contributed by atoms with van der Waals surface area (Å²) in [5.74, 6) is -8.28. The Labute approximate surface area is 529 Å². The molecule has 4 rings (SSSR count). The Hall–Kier alpha value is -7.13. The van der Waals surface area contributed by atoms with Crippen LogP contribution in [0.4, 0.5) is 9.59 Å². The fourth-order valence-electron chi connectivity index (χ4n) is 10.7. The summed E-state index contributed by atoms with van der Waals surface area (Å²) < 4.78 is 16.7. The van der Waals surface area contributed by atoms with Crippen LogP contribution in [0.25, 0.3) is 0 Å². The minimum atomic E-state index is -1.64. The van der Waals surface area contributed by atoms with Crippen molar-refractivity contribution in [3.05, 3.63) is 35.9 Å². The van der Waals surface area contributed by atoms with Crippen molar-refractivity contribution in [3.8, 4) is 0 Å². The molecule has 1 aromatic carbocycles. The Balaban J connectivity index is 1.79. The van der Waals surface area contributed by atoms with Crippen molar-refractivity contribution in [1.29, 1.82) is 0 Å². The molecule has 3 aliphatic heterocycles. The van der Waals surface area contributed by atoms with Gasteiger partial charge in [0.2, 0.25) is 53.2 Å². The fraction of sp³-hybridized carbons (Fsp3) is 0.730. The van der Waals surface area contributed by atoms with Gasteiger partial charge in [0.15, 0.2) is 0 Å². The summed E-state index contributed by atoms with van der Waals surface area (Å²) in [5.41, 5.74) is -0.953. The average molecular weight is 1270 g/mol. The lowest BCUT2D eigenvalue weighted by Gasteiger charge is -2.32. The summed E-state index contributed by atoms with van der Waals surface area (Å²) in [6, 6.07) is -1.39. The summed E-state index contributed by atoms with van der Waals surface area (Å²) in [6.07, 6.45) is -7.07. The van der Waals surface area contributed by atoms with Gasteiger partial charge in [-0.25, -0.2) is 9.59 Å². The number of hydrogen-bond acceptors (Lipinski definition) is 16. The number of fused-ring (bicyclic) bond motifs is 3. The molecule has 0 aromatic heterocycles. The predicted octanol–water partition coefficient (Wildman–Crippen LogP) is 1.64. The van der Waals surface area contributed by atoms with Crippen LogP contribution < -0.4 is 53.2 Å². The van der Waals surface area contributed by atoms with E-state index in [-0.39, 0.29) is 82.8 Å². The van der Waals surface area contributed by atoms with Crippen LogP contribution in [0.15, 0.2) is 30.3 Å². The van der Waals surface area contributed by atoms with Crippen molar-refractivity contribution >= 4 is 65.4 Å². The number of carbonyl (C=O) groups is 11. The van der Waals surface area contributed by atoms with Crippen molar-refractivity contribution in [2.45, 2.75) is 245 Å². The van der Waals surface area contributed by atoms with Crippen LogP contribution in [-0.4, -0.2) is 191 Å². The monoisotopic (exact) mass is 1270 g/mol. The van der Waals surface area contributed by atoms with Crippen molar-refractivity contribution in [2.24, 2.45) is 23.7 Å². The number of aliphatic hydroxyl groups is 2. The SMILES string of the molecule is CC(C)C[C@@H]1NC(=O)[C@H](CCCNC(=O)OC(C)(C)C)NC(=O)[C@H](C(C)C)NC(=O)[C@@H]2CCCN2C(=O)[C@@H](Cc2ccccc2)NC(=O)[C@H](CC(C)C)NC(=O)[C@H](CCCNC(=O)OC(C)(C)C)NC(=O)[C@H](C(C)C)NC(=O)C[C@@H]2O[C@H](CNC1=O)[C@@H](O)[C@H]2O. The molecule has 1 aromatic rings. The van der Waals surface area contributed by atoms with Gasteiger partial charge in [-0.15, -0.1) is 0 Å². The standard InChI is InChI=1S/C63H103N11O16/c1-34(2)29-41-52(78)66-33-46-51(77)50(76)45(88-46)32-47(75)72-48(36(5)6)57(83)67-40(24-19-27-65-61(87)90-63(12,13)14)54(80)70-42(30-35(3)4)55(81)71-43(31-38-21-16-15-17-22-38)59(85)74-28-20-25-44(74)56(82)73-49(37(7)8)58(84)68-39(53(79)69-41)23-18-26-64-60(86)89-62(9,10)11/h15-17,21-22,34-37,39-46,48-51,76-77H,18-20,23-33H2,1-14H3,(H,64,86)(H,65,87)(H,66,78)(H,67,83)(H,68,84)(H,69,79)(H,70,80)(H,71,81)(H,72,75)(H,73,82)/t39-,40-,41-,42-,43+,44-,45-,46+,48-,49-,50-,51+/m0/s1. The van der Waals surface area contributed by atoms with E-state index in [2.05, 4.69) is 53.2 Å². The highest BCUT2D eigenvalue weighted by molar-refractivity contribution is 5.98. The number of aliphatic hydroxyl groups excluding tert-OH is 2. The third-order valence-corrected chi connectivity index (χ3v) is 15.2. The second-order valence-corrected chi connectivity index (χ2v) is 27.2. The molecule has 506 valence electrons. The molecular weight excluding hydrogens is 1170 g/mol. The van der Waals surface area contributed by atoms with E-state index in [1.165, 1.54) is 4.90 Å². The van der Waals surface area contributed by atoms with E-state index in [4.69, 9.17) is 14.2 Å². The van der Waals surface area contributed by atoms with Crippen molar-refractivity contribution in [2.75, 3.05) is 26.2 Å². The van der Waals surface area contributed by atoms with Crippen LogP contribution >= 0.6 is 0 Å². The number of nitrogens with zero attached hydrogens (tertiary/aromatic N) is 1. The molecule has 3 fully saturated rings. The number of nitrogens with one attached hydrogen (secondary N) is 10. The topological polar surface area (TPSA) is 379 Å². The van der Waals surface area contributed by atoms with Gasteiger partial charge >= 0.3 is 12.2 Å². The number of alkyl carbamates (subject to hydrolysis) is 2. The Morgan fingerprint density at radius 2 is 1.02 bits per heavy atom. The molecule has 27 nitrogen and oxygen atoms in total. The first-order chi connectivity index (χ1) is 42.0.